The van der Waals surface area contributed by atoms with Crippen LogP contribution in [0.2, 0.25) is 0 Å². The minimum absolute atomic E-state index is 0.239. The molecule has 3 rings (SSSR count). The van der Waals surface area contributed by atoms with Crippen molar-refractivity contribution in [3.63, 3.8) is 0 Å². The van der Waals surface area contributed by atoms with Crippen LogP contribution in [0.15, 0.2) is 60.8 Å². The van der Waals surface area contributed by atoms with Crippen molar-refractivity contribution in [2.45, 2.75) is 45.5 Å². The predicted octanol–water partition coefficient (Wildman–Crippen LogP) is 3.88. The topological polar surface area (TPSA) is 56.8 Å². The number of hydrogen-bond donors (Lipinski definition) is 1. The van der Waals surface area contributed by atoms with Gasteiger partial charge in [0.2, 0.25) is 0 Å². The molecule has 0 saturated carbocycles. The quantitative estimate of drug-likeness (QED) is 0.801. The van der Waals surface area contributed by atoms with E-state index in [1.165, 1.54) is 0 Å². The van der Waals surface area contributed by atoms with Crippen LogP contribution < -0.4 is 10.8 Å². The molecule has 1 aliphatic rings. The van der Waals surface area contributed by atoms with E-state index in [9.17, 15) is 4.79 Å². The summed E-state index contributed by atoms with van der Waals surface area (Å²) in [6, 6.07) is 17.4. The molecule has 0 unspecified atom stereocenters. The molecule has 1 N–H and O–H groups in total. The minimum Gasteiger partial charge on any atom is -0.444 e. The molecule has 0 bridgehead atoms. The molecule has 28 heavy (non-hydrogen) atoms. The number of rotatable bonds is 5. The van der Waals surface area contributed by atoms with Gasteiger partial charge < -0.3 is 14.0 Å². The summed E-state index contributed by atoms with van der Waals surface area (Å²) in [5.74, 6) is 0. The number of carbonyl (C=O) groups is 1. The van der Waals surface area contributed by atoms with Gasteiger partial charge in [0.15, 0.2) is 0 Å². The number of amides is 1. The van der Waals surface area contributed by atoms with Crippen LogP contribution in [0.1, 0.15) is 38.8 Å². The van der Waals surface area contributed by atoms with E-state index in [0.717, 1.165) is 16.6 Å². The van der Waals surface area contributed by atoms with E-state index in [2.05, 4.69) is 5.32 Å². The molecule has 6 heteroatoms. The highest BCUT2D eigenvalue weighted by molar-refractivity contribution is 6.62. The molecule has 5 nitrogen and oxygen atoms in total. The van der Waals surface area contributed by atoms with Gasteiger partial charge in [-0.3, -0.25) is 5.32 Å². The molecule has 0 atom stereocenters. The van der Waals surface area contributed by atoms with E-state index in [-0.39, 0.29) is 24.9 Å². The number of carbonyl (C=O) groups excluding carboxylic acids is 1. The van der Waals surface area contributed by atoms with E-state index in [4.69, 9.17) is 14.0 Å². The normalized spacial score (nSPS) is 17.6. The first-order valence-corrected chi connectivity index (χ1v) is 9.36. The van der Waals surface area contributed by atoms with Crippen LogP contribution in [0.4, 0.5) is 4.79 Å². The monoisotopic (exact) mass is 379 g/mol. The summed E-state index contributed by atoms with van der Waals surface area (Å²) < 4.78 is 17.3. The molecule has 0 radical (unpaired) electrons. The van der Waals surface area contributed by atoms with Crippen LogP contribution in [0, 0.1) is 0 Å². The maximum atomic E-state index is 11.7. The van der Waals surface area contributed by atoms with E-state index in [1.54, 1.807) is 12.3 Å². The van der Waals surface area contributed by atoms with Gasteiger partial charge in [-0.1, -0.05) is 54.6 Å². The molecule has 0 spiro atoms. The first kappa shape index (κ1) is 20.2. The van der Waals surface area contributed by atoms with Crippen molar-refractivity contribution < 1.29 is 18.8 Å². The SMILES string of the molecule is CC1(C)OB(c2ccc(/C=C/NC(=O)OCc3ccccc3)cc2)OC1(C)C. The molecule has 2 aromatic rings. The Morgan fingerprint density at radius 1 is 1.00 bits per heavy atom. The molecule has 1 amide bonds. The number of hydrogen-bond acceptors (Lipinski definition) is 4. The van der Waals surface area contributed by atoms with Crippen molar-refractivity contribution in [2.24, 2.45) is 0 Å². The highest BCUT2D eigenvalue weighted by atomic mass is 16.7. The van der Waals surface area contributed by atoms with Crippen LogP contribution in [0.3, 0.4) is 0 Å². The van der Waals surface area contributed by atoms with Gasteiger partial charge in [0.05, 0.1) is 11.2 Å². The summed E-state index contributed by atoms with van der Waals surface area (Å²) in [5, 5.41) is 2.60. The first-order chi connectivity index (χ1) is 13.3. The van der Waals surface area contributed by atoms with Gasteiger partial charge in [-0.15, -0.1) is 0 Å². The zero-order valence-corrected chi connectivity index (χ0v) is 16.8. The zero-order valence-electron chi connectivity index (χ0n) is 16.8. The Bertz CT molecular complexity index is 815. The number of ether oxygens (including phenoxy) is 1. The van der Waals surface area contributed by atoms with Crippen molar-refractivity contribution in [3.8, 4) is 0 Å². The average Bonchev–Trinajstić information content (AvgIpc) is 2.89. The highest BCUT2D eigenvalue weighted by Gasteiger charge is 2.51. The molecule has 2 aromatic carbocycles. The molecule has 1 fully saturated rings. The van der Waals surface area contributed by atoms with Gasteiger partial charge in [-0.25, -0.2) is 4.79 Å². The fraction of sp³-hybridized carbons (Fsp3) is 0.318. The van der Waals surface area contributed by atoms with E-state index in [1.807, 2.05) is 82.3 Å². The largest absolute Gasteiger partial charge is 0.494 e. The molecule has 1 aliphatic heterocycles. The van der Waals surface area contributed by atoms with Crippen molar-refractivity contribution >= 4 is 24.8 Å². The Hall–Kier alpha value is -2.57. The summed E-state index contributed by atoms with van der Waals surface area (Å²) in [6.07, 6.45) is 2.88. The second-order valence-electron chi connectivity index (χ2n) is 7.79. The average molecular weight is 379 g/mol. The van der Waals surface area contributed by atoms with Crippen LogP contribution in [-0.4, -0.2) is 24.4 Å². The first-order valence-electron chi connectivity index (χ1n) is 9.36. The Morgan fingerprint density at radius 2 is 1.61 bits per heavy atom. The Kier molecular flexibility index (Phi) is 5.91. The lowest BCUT2D eigenvalue weighted by molar-refractivity contribution is 0.00578. The third-order valence-electron chi connectivity index (χ3n) is 5.15. The van der Waals surface area contributed by atoms with Crippen LogP contribution in [-0.2, 0) is 20.7 Å². The van der Waals surface area contributed by atoms with Crippen LogP contribution in [0.5, 0.6) is 0 Å². The highest BCUT2D eigenvalue weighted by Crippen LogP contribution is 2.36. The van der Waals surface area contributed by atoms with Crippen molar-refractivity contribution in [1.29, 1.82) is 0 Å². The smallest absolute Gasteiger partial charge is 0.444 e. The minimum atomic E-state index is -0.492. The molecule has 1 heterocycles. The van der Waals surface area contributed by atoms with Gasteiger partial charge in [0.1, 0.15) is 6.61 Å². The molecule has 146 valence electrons. The molecule has 1 saturated heterocycles. The molecule has 0 aliphatic carbocycles. The molecular weight excluding hydrogens is 353 g/mol. The Morgan fingerprint density at radius 3 is 2.21 bits per heavy atom. The lowest BCUT2D eigenvalue weighted by Crippen LogP contribution is -2.41. The maximum Gasteiger partial charge on any atom is 0.494 e. The maximum absolute atomic E-state index is 11.7. The number of benzene rings is 2. The van der Waals surface area contributed by atoms with E-state index in [0.29, 0.717) is 0 Å². The fourth-order valence-corrected chi connectivity index (χ4v) is 2.71. The van der Waals surface area contributed by atoms with Crippen molar-refractivity contribution in [2.75, 3.05) is 0 Å². The van der Waals surface area contributed by atoms with Gasteiger partial charge in [0.25, 0.3) is 0 Å². The number of nitrogens with one attached hydrogen (secondary N) is 1. The Labute approximate surface area is 166 Å². The second-order valence-corrected chi connectivity index (χ2v) is 7.79. The standard InChI is InChI=1S/C22H26BNO4/c1-21(2)22(3,4)28-23(27-21)19-12-10-17(11-13-19)14-15-24-20(25)26-16-18-8-6-5-7-9-18/h5-15H,16H2,1-4H3,(H,24,25)/b15-14+. The zero-order chi connectivity index (χ0) is 20.2. The Balaban J connectivity index is 1.50. The molecule has 0 aromatic heterocycles. The van der Waals surface area contributed by atoms with E-state index < -0.39 is 6.09 Å². The van der Waals surface area contributed by atoms with E-state index >= 15 is 0 Å². The summed E-state index contributed by atoms with van der Waals surface area (Å²) in [4.78, 5) is 11.7. The third kappa shape index (κ3) is 4.83. The molecular formula is C22H26BNO4. The fourth-order valence-electron chi connectivity index (χ4n) is 2.71. The van der Waals surface area contributed by atoms with Crippen LogP contribution >= 0.6 is 0 Å². The lowest BCUT2D eigenvalue weighted by Gasteiger charge is -2.32. The van der Waals surface area contributed by atoms with Gasteiger partial charge >= 0.3 is 13.2 Å². The lowest BCUT2D eigenvalue weighted by atomic mass is 9.79. The second kappa shape index (κ2) is 8.21. The van der Waals surface area contributed by atoms with Crippen LogP contribution in [0.25, 0.3) is 6.08 Å². The van der Waals surface area contributed by atoms with Gasteiger partial charge in [-0.2, -0.15) is 0 Å². The third-order valence-corrected chi connectivity index (χ3v) is 5.15. The van der Waals surface area contributed by atoms with Gasteiger partial charge in [-0.05, 0) is 50.4 Å². The summed E-state index contributed by atoms with van der Waals surface area (Å²) in [6.45, 7) is 8.38. The van der Waals surface area contributed by atoms with Gasteiger partial charge in [0, 0.05) is 6.20 Å². The number of alkyl carbamates (subject to hydrolysis) is 1. The summed E-state index contributed by atoms with van der Waals surface area (Å²) >= 11 is 0. The summed E-state index contributed by atoms with van der Waals surface area (Å²) in [5.41, 5.74) is 2.13. The predicted molar refractivity (Wildman–Crippen MR) is 111 cm³/mol. The van der Waals surface area contributed by atoms with Crippen molar-refractivity contribution in [1.82, 2.24) is 5.32 Å². The van der Waals surface area contributed by atoms with Crippen molar-refractivity contribution in [3.05, 3.63) is 71.9 Å². The summed E-state index contributed by atoms with van der Waals surface area (Å²) in [7, 11) is -0.380.